The third-order valence-electron chi connectivity index (χ3n) is 2.97. The molecular weight excluding hydrogens is 322 g/mol. The molecular formula is C16H22F2N2O4. The number of hydrogen-bond donors (Lipinski definition) is 2. The van der Waals surface area contributed by atoms with Crippen LogP contribution >= 0.6 is 0 Å². The molecule has 6 nitrogen and oxygen atoms in total. The molecule has 0 spiro atoms. The molecule has 134 valence electrons. The number of amides is 2. The Balaban J connectivity index is 2.85. The second-order valence-corrected chi connectivity index (χ2v) is 6.53. The Morgan fingerprint density at radius 1 is 1.29 bits per heavy atom. The van der Waals surface area contributed by atoms with Crippen LogP contribution in [0.1, 0.15) is 27.7 Å². The van der Waals surface area contributed by atoms with Gasteiger partial charge in [-0.25, -0.2) is 13.6 Å². The minimum absolute atomic E-state index is 0.0443. The molecule has 0 heterocycles. The van der Waals surface area contributed by atoms with E-state index in [9.17, 15) is 18.4 Å². The molecule has 1 aromatic rings. The lowest BCUT2D eigenvalue weighted by atomic mass is 10.2. The van der Waals surface area contributed by atoms with Crippen molar-refractivity contribution in [2.45, 2.75) is 33.3 Å². The van der Waals surface area contributed by atoms with Gasteiger partial charge in [-0.1, -0.05) is 6.92 Å². The first-order valence-corrected chi connectivity index (χ1v) is 7.33. The van der Waals surface area contributed by atoms with Gasteiger partial charge in [0.05, 0.1) is 5.92 Å². The van der Waals surface area contributed by atoms with E-state index in [0.717, 1.165) is 17.0 Å². The number of nitrogens with one attached hydrogen (secondary N) is 1. The van der Waals surface area contributed by atoms with Gasteiger partial charge in [0, 0.05) is 31.4 Å². The molecule has 0 saturated carbocycles. The summed E-state index contributed by atoms with van der Waals surface area (Å²) in [4.78, 5) is 23.9. The molecule has 2 amide bonds. The van der Waals surface area contributed by atoms with Crippen LogP contribution in [0.3, 0.4) is 0 Å². The van der Waals surface area contributed by atoms with Crippen molar-refractivity contribution in [3.05, 3.63) is 23.8 Å². The number of aliphatic carboxylic acids is 1. The summed E-state index contributed by atoms with van der Waals surface area (Å²) in [7, 11) is 1.39. The number of benzene rings is 1. The van der Waals surface area contributed by atoms with Gasteiger partial charge in [0.25, 0.3) is 0 Å². The highest BCUT2D eigenvalue weighted by Crippen LogP contribution is 2.29. The van der Waals surface area contributed by atoms with Crippen LogP contribution in [-0.4, -0.2) is 41.2 Å². The maximum Gasteiger partial charge on any atom is 0.321 e. The molecule has 0 radical (unpaired) electrons. The Hall–Kier alpha value is -2.38. The molecule has 0 aliphatic rings. The van der Waals surface area contributed by atoms with E-state index in [4.69, 9.17) is 9.84 Å². The Morgan fingerprint density at radius 3 is 2.21 bits per heavy atom. The zero-order chi connectivity index (χ0) is 18.7. The number of anilines is 1. The second-order valence-electron chi connectivity index (χ2n) is 6.53. The van der Waals surface area contributed by atoms with Crippen molar-refractivity contribution >= 4 is 17.7 Å². The lowest BCUT2D eigenvalue weighted by molar-refractivity contribution is -0.141. The Labute approximate surface area is 139 Å². The maximum atomic E-state index is 14.0. The fourth-order valence-electron chi connectivity index (χ4n) is 1.83. The van der Waals surface area contributed by atoms with E-state index in [0.29, 0.717) is 0 Å². The fraction of sp³-hybridized carbons (Fsp3) is 0.500. The summed E-state index contributed by atoms with van der Waals surface area (Å²) < 4.78 is 33.2. The largest absolute Gasteiger partial charge is 0.482 e. The van der Waals surface area contributed by atoms with E-state index in [1.165, 1.54) is 14.0 Å². The summed E-state index contributed by atoms with van der Waals surface area (Å²) in [6.07, 6.45) is 0. The SMILES string of the molecule is CC(CN(C)C(=O)Nc1cc(F)c(OC(C)(C)C)c(F)c1)C(=O)O. The van der Waals surface area contributed by atoms with Crippen LogP contribution in [0.4, 0.5) is 19.3 Å². The first-order valence-electron chi connectivity index (χ1n) is 7.33. The first-order chi connectivity index (χ1) is 10.9. The fourth-order valence-corrected chi connectivity index (χ4v) is 1.83. The predicted molar refractivity (Wildman–Crippen MR) is 85.2 cm³/mol. The molecule has 0 saturated heterocycles. The van der Waals surface area contributed by atoms with Crippen molar-refractivity contribution in [2.24, 2.45) is 5.92 Å². The topological polar surface area (TPSA) is 78.9 Å². The Kier molecular flexibility index (Phi) is 6.11. The van der Waals surface area contributed by atoms with Crippen LogP contribution in [0.2, 0.25) is 0 Å². The summed E-state index contributed by atoms with van der Waals surface area (Å²) >= 11 is 0. The standard InChI is InChI=1S/C16H22F2N2O4/c1-9(14(21)22)8-20(5)15(23)19-10-6-11(17)13(12(18)7-10)24-16(2,3)4/h6-7,9H,8H2,1-5H3,(H,19,23)(H,21,22). The highest BCUT2D eigenvalue weighted by molar-refractivity contribution is 5.89. The summed E-state index contributed by atoms with van der Waals surface area (Å²) in [5, 5.41) is 11.1. The van der Waals surface area contributed by atoms with Gasteiger partial charge in [-0.3, -0.25) is 4.79 Å². The number of ether oxygens (including phenoxy) is 1. The van der Waals surface area contributed by atoms with Crippen molar-refractivity contribution < 1.29 is 28.2 Å². The molecule has 0 bridgehead atoms. The highest BCUT2D eigenvalue weighted by Gasteiger charge is 2.21. The molecule has 2 N–H and O–H groups in total. The molecule has 0 aromatic heterocycles. The Bertz CT molecular complexity index is 606. The van der Waals surface area contributed by atoms with E-state index in [1.807, 2.05) is 0 Å². The highest BCUT2D eigenvalue weighted by atomic mass is 19.1. The number of halogens is 2. The molecule has 0 fully saturated rings. The number of urea groups is 1. The normalized spacial score (nSPS) is 12.5. The zero-order valence-corrected chi connectivity index (χ0v) is 14.3. The van der Waals surface area contributed by atoms with E-state index in [2.05, 4.69) is 5.32 Å². The third-order valence-corrected chi connectivity index (χ3v) is 2.97. The lowest BCUT2D eigenvalue weighted by Gasteiger charge is -2.23. The first kappa shape index (κ1) is 19.7. The van der Waals surface area contributed by atoms with Crippen LogP contribution in [0.25, 0.3) is 0 Å². The minimum Gasteiger partial charge on any atom is -0.482 e. The van der Waals surface area contributed by atoms with E-state index in [1.54, 1.807) is 20.8 Å². The van der Waals surface area contributed by atoms with Gasteiger partial charge in [0.2, 0.25) is 0 Å². The number of rotatable bonds is 5. The summed E-state index contributed by atoms with van der Waals surface area (Å²) in [6, 6.07) is 1.21. The average Bonchev–Trinajstić information content (AvgIpc) is 2.41. The van der Waals surface area contributed by atoms with Gasteiger partial charge in [0.1, 0.15) is 5.60 Å². The second kappa shape index (κ2) is 7.46. The number of carbonyl (C=O) groups is 2. The van der Waals surface area contributed by atoms with Crippen LogP contribution in [0, 0.1) is 17.6 Å². The smallest absolute Gasteiger partial charge is 0.321 e. The number of hydrogen-bond acceptors (Lipinski definition) is 3. The van der Waals surface area contributed by atoms with Crippen molar-refractivity contribution in [2.75, 3.05) is 18.9 Å². The molecule has 1 atom stereocenters. The van der Waals surface area contributed by atoms with Gasteiger partial charge in [0.15, 0.2) is 17.4 Å². The Morgan fingerprint density at radius 2 is 1.79 bits per heavy atom. The van der Waals surface area contributed by atoms with Gasteiger partial charge in [-0.05, 0) is 20.8 Å². The molecule has 0 aliphatic carbocycles. The molecule has 24 heavy (non-hydrogen) atoms. The minimum atomic E-state index is -1.05. The van der Waals surface area contributed by atoms with E-state index >= 15 is 0 Å². The van der Waals surface area contributed by atoms with E-state index < -0.39 is 40.9 Å². The predicted octanol–water partition coefficient (Wildman–Crippen LogP) is 3.33. The molecule has 8 heteroatoms. The summed E-state index contributed by atoms with van der Waals surface area (Å²) in [5.74, 6) is -4.22. The van der Waals surface area contributed by atoms with Crippen LogP contribution in [0.15, 0.2) is 12.1 Å². The number of nitrogens with zero attached hydrogens (tertiary/aromatic N) is 1. The average molecular weight is 344 g/mol. The molecule has 1 unspecified atom stereocenters. The monoisotopic (exact) mass is 344 g/mol. The van der Waals surface area contributed by atoms with Gasteiger partial charge >= 0.3 is 12.0 Å². The van der Waals surface area contributed by atoms with Gasteiger partial charge in [-0.2, -0.15) is 0 Å². The quantitative estimate of drug-likeness (QED) is 0.859. The number of carboxylic acids is 1. The van der Waals surface area contributed by atoms with Crippen LogP contribution in [-0.2, 0) is 4.79 Å². The van der Waals surface area contributed by atoms with Gasteiger partial charge in [-0.15, -0.1) is 0 Å². The molecule has 1 aromatic carbocycles. The van der Waals surface area contributed by atoms with Crippen LogP contribution < -0.4 is 10.1 Å². The molecule has 1 rings (SSSR count). The number of carboxylic acid groups (broad SMARTS) is 1. The van der Waals surface area contributed by atoms with E-state index in [-0.39, 0.29) is 12.2 Å². The summed E-state index contributed by atoms with van der Waals surface area (Å²) in [5.41, 5.74) is -0.870. The van der Waals surface area contributed by atoms with Crippen molar-refractivity contribution in [1.29, 1.82) is 0 Å². The lowest BCUT2D eigenvalue weighted by Crippen LogP contribution is -2.36. The number of carbonyl (C=O) groups excluding carboxylic acids is 1. The van der Waals surface area contributed by atoms with Crippen LogP contribution in [0.5, 0.6) is 5.75 Å². The van der Waals surface area contributed by atoms with Crippen molar-refractivity contribution in [3.63, 3.8) is 0 Å². The summed E-state index contributed by atoms with van der Waals surface area (Å²) in [6.45, 7) is 6.36. The molecule has 0 aliphatic heterocycles. The van der Waals surface area contributed by atoms with Crippen molar-refractivity contribution in [3.8, 4) is 5.75 Å². The third kappa shape index (κ3) is 5.68. The van der Waals surface area contributed by atoms with Crippen molar-refractivity contribution in [1.82, 2.24) is 4.90 Å². The zero-order valence-electron chi connectivity index (χ0n) is 14.3. The van der Waals surface area contributed by atoms with Gasteiger partial charge < -0.3 is 20.1 Å². The maximum absolute atomic E-state index is 14.0.